The summed E-state index contributed by atoms with van der Waals surface area (Å²) in [5.41, 5.74) is -0.585. The Morgan fingerprint density at radius 3 is 2.04 bits per heavy atom. The van der Waals surface area contributed by atoms with Crippen molar-refractivity contribution in [2.75, 3.05) is 47.5 Å². The van der Waals surface area contributed by atoms with Crippen LogP contribution in [-0.2, 0) is 23.1 Å². The zero-order valence-electron chi connectivity index (χ0n) is 17.1. The van der Waals surface area contributed by atoms with Gasteiger partial charge in [-0.1, -0.05) is 27.7 Å². The van der Waals surface area contributed by atoms with Crippen LogP contribution in [0, 0.1) is 17.3 Å². The minimum absolute atomic E-state index is 0.0809. The second kappa shape index (κ2) is 10.0. The van der Waals surface area contributed by atoms with Gasteiger partial charge in [0.2, 0.25) is 0 Å². The molecule has 0 fully saturated rings. The lowest BCUT2D eigenvalue weighted by molar-refractivity contribution is -0.870. The van der Waals surface area contributed by atoms with Crippen molar-refractivity contribution in [1.82, 2.24) is 0 Å². The lowest BCUT2D eigenvalue weighted by Gasteiger charge is -2.32. The van der Waals surface area contributed by atoms with Crippen LogP contribution in [0.2, 0.25) is 0 Å². The maximum atomic E-state index is 12.4. The van der Waals surface area contributed by atoms with Crippen LogP contribution in [0.1, 0.15) is 41.0 Å². The molecule has 0 aliphatic carbocycles. The van der Waals surface area contributed by atoms with Crippen molar-refractivity contribution in [3.8, 4) is 0 Å². The molecule has 0 spiro atoms. The van der Waals surface area contributed by atoms with Gasteiger partial charge >= 0.3 is 13.8 Å². The predicted molar refractivity (Wildman–Crippen MR) is 98.0 cm³/mol. The molecule has 0 saturated heterocycles. The number of hydrogen-bond donors (Lipinski definition) is 1. The zero-order valence-corrected chi connectivity index (χ0v) is 18.0. The number of nitrogens with zero attached hydrogens (tertiary/aromatic N) is 1. The van der Waals surface area contributed by atoms with E-state index in [1.54, 1.807) is 0 Å². The molecule has 0 rings (SSSR count). The van der Waals surface area contributed by atoms with Crippen LogP contribution in [0.25, 0.3) is 0 Å². The lowest BCUT2D eigenvalue weighted by atomic mass is 9.73. The van der Waals surface area contributed by atoms with E-state index >= 15 is 0 Å². The number of quaternary nitrogens is 1. The Morgan fingerprint density at radius 1 is 1.08 bits per heavy atom. The highest BCUT2D eigenvalue weighted by Gasteiger charge is 2.38. The van der Waals surface area contributed by atoms with Crippen molar-refractivity contribution in [2.24, 2.45) is 17.3 Å². The average Bonchev–Trinajstić information content (AvgIpc) is 2.40. The molecule has 150 valence electrons. The van der Waals surface area contributed by atoms with Crippen LogP contribution >= 0.6 is 7.82 Å². The molecule has 0 aromatic rings. The van der Waals surface area contributed by atoms with E-state index in [2.05, 4.69) is 13.8 Å². The van der Waals surface area contributed by atoms with Crippen molar-refractivity contribution in [3.63, 3.8) is 0 Å². The Kier molecular flexibility index (Phi) is 9.84. The van der Waals surface area contributed by atoms with Crippen LogP contribution in [0.3, 0.4) is 0 Å². The molecule has 8 heteroatoms. The molecule has 0 radical (unpaired) electrons. The number of carbonyl (C=O) groups is 1. The molecule has 0 heterocycles. The van der Waals surface area contributed by atoms with Gasteiger partial charge in [0.25, 0.3) is 0 Å². The quantitative estimate of drug-likeness (QED) is 0.242. The first-order valence-corrected chi connectivity index (χ1v) is 10.3. The molecule has 0 saturated carbocycles. The van der Waals surface area contributed by atoms with Crippen molar-refractivity contribution < 1.29 is 32.5 Å². The molecule has 0 aliphatic rings. The number of esters is 1. The molecular formula is C17H37NO6P+. The van der Waals surface area contributed by atoms with Gasteiger partial charge in [-0.05, 0) is 25.2 Å². The Labute approximate surface area is 152 Å². The second-order valence-corrected chi connectivity index (χ2v) is 9.91. The molecule has 0 aromatic carbocycles. The number of phosphoric acid groups is 1. The third kappa shape index (κ3) is 10.3. The smallest absolute Gasteiger partial charge is 0.463 e. The molecule has 0 bridgehead atoms. The molecule has 0 aliphatic heterocycles. The fraction of sp³-hybridized carbons (Fsp3) is 0.941. The minimum Gasteiger partial charge on any atom is -0.463 e. The van der Waals surface area contributed by atoms with E-state index in [-0.39, 0.29) is 31.7 Å². The molecule has 2 unspecified atom stereocenters. The summed E-state index contributed by atoms with van der Waals surface area (Å²) in [6.45, 7) is 10.4. The monoisotopic (exact) mass is 382 g/mol. The van der Waals surface area contributed by atoms with Gasteiger partial charge in [0.1, 0.15) is 19.8 Å². The fourth-order valence-corrected chi connectivity index (χ4v) is 3.01. The van der Waals surface area contributed by atoms with Crippen molar-refractivity contribution in [1.29, 1.82) is 0 Å². The van der Waals surface area contributed by atoms with Gasteiger partial charge < -0.3 is 14.1 Å². The van der Waals surface area contributed by atoms with Crippen LogP contribution in [0.4, 0.5) is 0 Å². The molecule has 2 atom stereocenters. The molecule has 0 aromatic heterocycles. The van der Waals surface area contributed by atoms with E-state index in [0.717, 1.165) is 6.42 Å². The Hall–Kier alpha value is -0.460. The topological polar surface area (TPSA) is 82.1 Å². The Bertz CT molecular complexity index is 461. The largest absolute Gasteiger partial charge is 0.472 e. The van der Waals surface area contributed by atoms with Crippen LogP contribution in [-0.4, -0.2) is 62.9 Å². The van der Waals surface area contributed by atoms with Gasteiger partial charge in [-0.3, -0.25) is 13.8 Å². The van der Waals surface area contributed by atoms with Crippen LogP contribution < -0.4 is 0 Å². The van der Waals surface area contributed by atoms with Crippen LogP contribution in [0.15, 0.2) is 0 Å². The number of phosphoric ester groups is 1. The summed E-state index contributed by atoms with van der Waals surface area (Å²) in [7, 11) is 1.74. The predicted octanol–water partition coefficient (Wildman–Crippen LogP) is 3.08. The number of hydrogen-bond acceptors (Lipinski definition) is 5. The van der Waals surface area contributed by atoms with Gasteiger partial charge in [0, 0.05) is 0 Å². The molecule has 0 amide bonds. The molecular weight excluding hydrogens is 345 g/mol. The summed E-state index contributed by atoms with van der Waals surface area (Å²) in [6.07, 6.45) is 0.719. The maximum absolute atomic E-state index is 12.4. The highest BCUT2D eigenvalue weighted by Crippen LogP contribution is 2.43. The van der Waals surface area contributed by atoms with Crippen molar-refractivity contribution >= 4 is 13.8 Å². The minimum atomic E-state index is -4.12. The zero-order chi connectivity index (χ0) is 19.9. The van der Waals surface area contributed by atoms with E-state index in [9.17, 15) is 14.3 Å². The Balaban J connectivity index is 4.33. The first-order chi connectivity index (χ1) is 11.2. The summed E-state index contributed by atoms with van der Waals surface area (Å²) in [4.78, 5) is 22.0. The summed E-state index contributed by atoms with van der Waals surface area (Å²) in [5.74, 6) is 0.188. The summed E-state index contributed by atoms with van der Waals surface area (Å²) >= 11 is 0. The van der Waals surface area contributed by atoms with E-state index in [1.807, 2.05) is 41.9 Å². The van der Waals surface area contributed by atoms with Gasteiger partial charge in [0.15, 0.2) is 0 Å². The van der Waals surface area contributed by atoms with Gasteiger partial charge in [-0.15, -0.1) is 0 Å². The molecule has 25 heavy (non-hydrogen) atoms. The van der Waals surface area contributed by atoms with E-state index in [0.29, 0.717) is 16.9 Å². The lowest BCUT2D eigenvalue weighted by Crippen LogP contribution is -2.37. The van der Waals surface area contributed by atoms with Crippen LogP contribution in [0.5, 0.6) is 0 Å². The van der Waals surface area contributed by atoms with E-state index in [1.165, 1.54) is 0 Å². The highest BCUT2D eigenvalue weighted by atomic mass is 31.2. The van der Waals surface area contributed by atoms with Crippen molar-refractivity contribution in [3.05, 3.63) is 0 Å². The molecule has 1 N–H and O–H groups in total. The summed E-state index contributed by atoms with van der Waals surface area (Å²) in [6, 6.07) is 0. The number of ether oxygens (including phenoxy) is 1. The summed E-state index contributed by atoms with van der Waals surface area (Å²) in [5, 5.41) is 0. The second-order valence-electron chi connectivity index (χ2n) is 8.45. The fourth-order valence-electron chi connectivity index (χ4n) is 2.32. The highest BCUT2D eigenvalue weighted by molar-refractivity contribution is 7.47. The van der Waals surface area contributed by atoms with Crippen molar-refractivity contribution in [2.45, 2.75) is 41.0 Å². The SMILES string of the molecule is CC(C)CC(C)(C(=O)OCCOP(=O)(O)OCC[N+](C)(C)C)C(C)C. The number of likely N-dealkylation sites (N-methyl/N-ethyl adjacent to an activating group) is 1. The van der Waals surface area contributed by atoms with Gasteiger partial charge in [-0.2, -0.15) is 0 Å². The number of rotatable bonds is 12. The first kappa shape index (κ1) is 24.5. The maximum Gasteiger partial charge on any atom is 0.472 e. The average molecular weight is 382 g/mol. The van der Waals surface area contributed by atoms with Gasteiger partial charge in [-0.25, -0.2) is 4.57 Å². The number of carbonyl (C=O) groups excluding carboxylic acids is 1. The summed E-state index contributed by atoms with van der Waals surface area (Å²) < 4.78 is 27.4. The van der Waals surface area contributed by atoms with E-state index < -0.39 is 13.2 Å². The standard InChI is InChI=1S/C17H36NO6P/c1-14(2)13-17(5,15(3)4)16(19)22-11-12-24-25(20,21)23-10-9-18(6,7)8/h14-15H,9-13H2,1-8H3/p+1. The first-order valence-electron chi connectivity index (χ1n) is 8.79. The Morgan fingerprint density at radius 2 is 1.60 bits per heavy atom. The van der Waals surface area contributed by atoms with E-state index in [4.69, 9.17) is 13.8 Å². The third-order valence-corrected chi connectivity index (χ3v) is 5.18. The van der Waals surface area contributed by atoms with Gasteiger partial charge in [0.05, 0.1) is 33.2 Å². The third-order valence-electron chi connectivity index (χ3n) is 4.16. The molecule has 7 nitrogen and oxygen atoms in total. The normalized spacial score (nSPS) is 17.4.